The largest absolute Gasteiger partial charge is 0.438 e. The van der Waals surface area contributed by atoms with E-state index >= 15 is 0 Å². The van der Waals surface area contributed by atoms with Crippen molar-refractivity contribution in [2.24, 2.45) is 0 Å². The van der Waals surface area contributed by atoms with Crippen LogP contribution in [0.15, 0.2) is 23.1 Å². The first kappa shape index (κ1) is 28.1. The summed E-state index contributed by atoms with van der Waals surface area (Å²) in [5.41, 5.74) is -17.8. The SMILES string of the molecule is FC(F)=C1C(C(F)(F)C(F)(F)C(F)(F)C(F)(C(F)(F)F)C(F)(F)F)=C(F)C(F)(F)C1(F)F. The van der Waals surface area contributed by atoms with Crippen LogP contribution in [-0.2, 0) is 0 Å². The zero-order chi connectivity index (χ0) is 26.3. The van der Waals surface area contributed by atoms with Crippen molar-refractivity contribution in [2.45, 2.75) is 47.6 Å². The predicted octanol–water partition coefficient (Wildman–Crippen LogP) is 7.38. The van der Waals surface area contributed by atoms with Gasteiger partial charge in [0.2, 0.25) is 0 Å². The lowest BCUT2D eigenvalue weighted by atomic mass is 9.84. The minimum Gasteiger partial charge on any atom is -0.216 e. The van der Waals surface area contributed by atoms with Gasteiger partial charge in [-0.1, -0.05) is 0 Å². The molecule has 0 aromatic carbocycles. The first-order chi connectivity index (χ1) is 13.6. The number of halogens is 20. The van der Waals surface area contributed by atoms with Crippen LogP contribution in [0.4, 0.5) is 87.8 Å². The first-order valence-electron chi connectivity index (χ1n) is 6.78. The van der Waals surface area contributed by atoms with E-state index in [0.29, 0.717) is 0 Å². The molecule has 0 aliphatic heterocycles. The maximum absolute atomic E-state index is 13.8. The van der Waals surface area contributed by atoms with E-state index in [2.05, 4.69) is 0 Å². The molecule has 1 rings (SSSR count). The van der Waals surface area contributed by atoms with Crippen molar-refractivity contribution < 1.29 is 87.8 Å². The van der Waals surface area contributed by atoms with Crippen LogP contribution in [-0.4, -0.2) is 47.6 Å². The van der Waals surface area contributed by atoms with Gasteiger partial charge < -0.3 is 0 Å². The molecule has 0 heterocycles. The summed E-state index contributed by atoms with van der Waals surface area (Å²) >= 11 is 0. The van der Waals surface area contributed by atoms with Gasteiger partial charge in [0.1, 0.15) is 5.57 Å². The molecule has 20 heteroatoms. The van der Waals surface area contributed by atoms with Crippen molar-refractivity contribution in [2.75, 3.05) is 0 Å². The molecule has 0 aromatic heterocycles. The smallest absolute Gasteiger partial charge is 0.216 e. The summed E-state index contributed by atoms with van der Waals surface area (Å²) in [7, 11) is 0. The Kier molecular flexibility index (Phi) is 5.97. The molecule has 1 aliphatic rings. The molecule has 0 fully saturated rings. The highest BCUT2D eigenvalue weighted by molar-refractivity contribution is 5.55. The normalized spacial score (nSPS) is 20.8. The third-order valence-electron chi connectivity index (χ3n) is 3.96. The van der Waals surface area contributed by atoms with Gasteiger partial charge in [0.25, 0.3) is 6.08 Å². The minimum absolute atomic E-state index is 4.44. The molecular formula is C12F20. The van der Waals surface area contributed by atoms with E-state index in [4.69, 9.17) is 0 Å². The summed E-state index contributed by atoms with van der Waals surface area (Å²) in [4.78, 5) is 0. The van der Waals surface area contributed by atoms with E-state index in [0.717, 1.165) is 0 Å². The van der Waals surface area contributed by atoms with Crippen molar-refractivity contribution >= 4 is 0 Å². The fourth-order valence-corrected chi connectivity index (χ4v) is 2.31. The summed E-state index contributed by atoms with van der Waals surface area (Å²) < 4.78 is 260. The summed E-state index contributed by atoms with van der Waals surface area (Å²) in [6, 6.07) is 0. The second-order valence-electron chi connectivity index (χ2n) is 5.85. The van der Waals surface area contributed by atoms with Gasteiger partial charge in [-0.15, -0.1) is 0 Å². The fraction of sp³-hybridized carbons (Fsp3) is 0.667. The zero-order valence-corrected chi connectivity index (χ0v) is 13.6. The van der Waals surface area contributed by atoms with Gasteiger partial charge in [0, 0.05) is 0 Å². The molecule has 0 N–H and O–H groups in total. The number of hydrogen-bond donors (Lipinski definition) is 0. The highest BCUT2D eigenvalue weighted by Gasteiger charge is 2.94. The molecule has 0 amide bonds. The lowest BCUT2D eigenvalue weighted by Crippen LogP contribution is -2.73. The van der Waals surface area contributed by atoms with Gasteiger partial charge in [-0.05, 0) is 0 Å². The van der Waals surface area contributed by atoms with Gasteiger partial charge in [0.15, 0.2) is 5.83 Å². The Morgan fingerprint density at radius 3 is 1.19 bits per heavy atom. The molecule has 0 aromatic rings. The molecule has 1 aliphatic carbocycles. The Balaban J connectivity index is 4.06. The van der Waals surface area contributed by atoms with Crippen molar-refractivity contribution in [3.63, 3.8) is 0 Å². The average Bonchev–Trinajstić information content (AvgIpc) is 2.68. The molecule has 0 nitrogen and oxygen atoms in total. The average molecular weight is 524 g/mol. The van der Waals surface area contributed by atoms with Crippen LogP contribution in [0.25, 0.3) is 0 Å². The Morgan fingerprint density at radius 1 is 0.562 bits per heavy atom. The topological polar surface area (TPSA) is 0 Å². The quantitative estimate of drug-likeness (QED) is 0.337. The molecule has 0 saturated carbocycles. The number of rotatable bonds is 4. The van der Waals surface area contributed by atoms with E-state index in [-0.39, 0.29) is 0 Å². The monoisotopic (exact) mass is 524 g/mol. The van der Waals surface area contributed by atoms with Crippen LogP contribution in [0.1, 0.15) is 0 Å². The number of allylic oxidation sites excluding steroid dienone is 3. The minimum atomic E-state index is -8.83. The van der Waals surface area contributed by atoms with E-state index in [1.807, 2.05) is 0 Å². The van der Waals surface area contributed by atoms with E-state index < -0.39 is 70.7 Å². The van der Waals surface area contributed by atoms with Crippen LogP contribution in [0.3, 0.4) is 0 Å². The summed E-state index contributed by atoms with van der Waals surface area (Å²) in [6.07, 6.45) is -21.0. The Morgan fingerprint density at radius 2 is 0.906 bits per heavy atom. The Labute approximate surface area is 160 Å². The molecule has 0 radical (unpaired) electrons. The molecule has 0 unspecified atom stereocenters. The van der Waals surface area contributed by atoms with Crippen LogP contribution in [0, 0.1) is 0 Å². The van der Waals surface area contributed by atoms with Crippen LogP contribution < -0.4 is 0 Å². The second-order valence-corrected chi connectivity index (χ2v) is 5.85. The third kappa shape index (κ3) is 3.06. The van der Waals surface area contributed by atoms with E-state index in [1.54, 1.807) is 0 Å². The molecule has 0 bridgehead atoms. The van der Waals surface area contributed by atoms with Gasteiger partial charge in [-0.2, -0.15) is 79.0 Å². The van der Waals surface area contributed by atoms with Crippen molar-refractivity contribution in [1.82, 2.24) is 0 Å². The van der Waals surface area contributed by atoms with Gasteiger partial charge >= 0.3 is 47.6 Å². The standard InChI is InChI=1S/C12F20/c13-3-1(2(4(14)15)5(16,17)7(3,20)21)6(18,19)9(23,24)10(25,26)8(22,11(27,28)29)12(30,31)32. The van der Waals surface area contributed by atoms with Crippen LogP contribution in [0.5, 0.6) is 0 Å². The van der Waals surface area contributed by atoms with Crippen molar-refractivity contribution in [3.8, 4) is 0 Å². The predicted molar refractivity (Wildman–Crippen MR) is 58.1 cm³/mol. The molecule has 0 saturated heterocycles. The number of hydrogen-bond acceptors (Lipinski definition) is 0. The first-order valence-corrected chi connectivity index (χ1v) is 6.78. The van der Waals surface area contributed by atoms with E-state index in [9.17, 15) is 87.8 Å². The van der Waals surface area contributed by atoms with Crippen molar-refractivity contribution in [3.05, 3.63) is 23.1 Å². The highest BCUT2D eigenvalue weighted by atomic mass is 19.4. The van der Waals surface area contributed by atoms with E-state index in [1.165, 1.54) is 0 Å². The van der Waals surface area contributed by atoms with Crippen molar-refractivity contribution in [1.29, 1.82) is 0 Å². The maximum Gasteiger partial charge on any atom is 0.438 e. The van der Waals surface area contributed by atoms with Crippen LogP contribution >= 0.6 is 0 Å². The highest BCUT2D eigenvalue weighted by Crippen LogP contribution is 2.67. The fourth-order valence-electron chi connectivity index (χ4n) is 2.31. The maximum atomic E-state index is 13.8. The van der Waals surface area contributed by atoms with Gasteiger partial charge in [-0.3, -0.25) is 0 Å². The lowest BCUT2D eigenvalue weighted by molar-refractivity contribution is -0.441. The molecule has 32 heavy (non-hydrogen) atoms. The van der Waals surface area contributed by atoms with Crippen LogP contribution in [0.2, 0.25) is 0 Å². The lowest BCUT2D eigenvalue weighted by Gasteiger charge is -2.42. The van der Waals surface area contributed by atoms with Gasteiger partial charge in [-0.25, -0.2) is 8.78 Å². The molecular weight excluding hydrogens is 524 g/mol. The third-order valence-corrected chi connectivity index (χ3v) is 3.96. The second kappa shape index (κ2) is 6.80. The molecule has 0 atom stereocenters. The Hall–Kier alpha value is -1.92. The zero-order valence-electron chi connectivity index (χ0n) is 13.6. The summed E-state index contributed by atoms with van der Waals surface area (Å²) in [5.74, 6) is -44.2. The number of alkyl halides is 17. The molecule has 188 valence electrons. The molecule has 0 spiro atoms. The summed E-state index contributed by atoms with van der Waals surface area (Å²) in [5, 5.41) is 0. The Bertz CT molecular complexity index is 814. The van der Waals surface area contributed by atoms with Gasteiger partial charge in [0.05, 0.1) is 5.57 Å². The summed E-state index contributed by atoms with van der Waals surface area (Å²) in [6.45, 7) is 0.